The van der Waals surface area contributed by atoms with E-state index in [0.29, 0.717) is 13.2 Å². The Labute approximate surface area is 511 Å². The van der Waals surface area contributed by atoms with Crippen LogP contribution < -0.4 is 0 Å². The summed E-state index contributed by atoms with van der Waals surface area (Å²) >= 11 is 0. The summed E-state index contributed by atoms with van der Waals surface area (Å²) in [7, 11) is -0.451. The molecule has 1 aliphatic heterocycles. The van der Waals surface area contributed by atoms with E-state index in [4.69, 9.17) is 9.47 Å². The molecule has 0 aromatic heterocycles. The fourth-order valence-corrected chi connectivity index (χ4v) is 16.7. The molecule has 86 heavy (non-hydrogen) atoms. The zero-order valence-corrected chi connectivity index (χ0v) is 50.0. The normalized spacial score (nSPS) is 14.5. The zero-order valence-electron chi connectivity index (χ0n) is 49.2. The second-order valence-electron chi connectivity index (χ2n) is 22.6. The molecule has 0 spiro atoms. The summed E-state index contributed by atoms with van der Waals surface area (Å²) in [5.74, 6) is 0. The van der Waals surface area contributed by atoms with E-state index in [1.807, 2.05) is 0 Å². The molecule has 1 aliphatic rings. The van der Waals surface area contributed by atoms with Crippen molar-refractivity contribution in [2.75, 3.05) is 19.5 Å². The van der Waals surface area contributed by atoms with Crippen molar-refractivity contribution < 1.29 is 9.47 Å². The molecule has 420 valence electrons. The van der Waals surface area contributed by atoms with Gasteiger partial charge < -0.3 is 9.47 Å². The molecule has 1 fully saturated rings. The first-order valence-corrected chi connectivity index (χ1v) is 32.1. The Bertz CT molecular complexity index is 3430. The summed E-state index contributed by atoms with van der Waals surface area (Å²) in [4.78, 5) is 0. The summed E-state index contributed by atoms with van der Waals surface area (Å²) in [6.45, 7) is 5.36. The Hall–Kier alpha value is -9.09. The first kappa shape index (κ1) is 56.1. The van der Waals surface area contributed by atoms with Crippen molar-refractivity contribution in [3.63, 3.8) is 0 Å². The highest BCUT2D eigenvalue weighted by Crippen LogP contribution is 2.56. The predicted octanol–water partition coefficient (Wildman–Crippen LogP) is 21.1. The van der Waals surface area contributed by atoms with Crippen LogP contribution in [-0.2, 0) is 31.6 Å². The predicted molar refractivity (Wildman–Crippen MR) is 364 cm³/mol. The number of hydrogen-bond acceptors (Lipinski definition) is 2. The van der Waals surface area contributed by atoms with Crippen LogP contribution in [0.25, 0.3) is 89.0 Å². The SMILES string of the molecule is CCOC(c1cc(-c2ccccc2)cc(-c2ccccc2)c1)(c1cc(-c2ccccc2)cc(-c2ccccc2)c1)[C@@H]1CC[C@@H](C(OCC)(c2cc(-c3ccccc3)cc(-c3ccccc3)c2)c2cc(-c3ccccc3)cc(-c3ccccc3)c2)[S+]1C. The molecule has 3 heteroatoms. The fraction of sp³-hybridized carbons (Fsp3) is 0.133. The number of rotatable bonds is 18. The van der Waals surface area contributed by atoms with Gasteiger partial charge in [0.25, 0.3) is 0 Å². The van der Waals surface area contributed by atoms with Crippen molar-refractivity contribution >= 4 is 10.9 Å². The largest absolute Gasteiger partial charge is 0.361 e. The molecule has 2 atom stereocenters. The van der Waals surface area contributed by atoms with Gasteiger partial charge >= 0.3 is 0 Å². The van der Waals surface area contributed by atoms with Crippen LogP contribution in [0.2, 0.25) is 0 Å². The second-order valence-corrected chi connectivity index (χ2v) is 25.0. The average Bonchev–Trinajstić information content (AvgIpc) is 1.75. The average molecular weight is 1130 g/mol. The van der Waals surface area contributed by atoms with Crippen LogP contribution in [0.3, 0.4) is 0 Å². The van der Waals surface area contributed by atoms with E-state index in [0.717, 1.165) is 124 Å². The molecular weight excluding hydrogens is 1060 g/mol. The van der Waals surface area contributed by atoms with Crippen molar-refractivity contribution in [2.45, 2.75) is 48.4 Å². The summed E-state index contributed by atoms with van der Waals surface area (Å²) in [5.41, 5.74) is 21.2. The Morgan fingerprint density at radius 2 is 0.419 bits per heavy atom. The zero-order chi connectivity index (χ0) is 58.3. The molecule has 0 aliphatic carbocycles. The summed E-state index contributed by atoms with van der Waals surface area (Å²) in [5, 5.41) is -0.0678. The highest BCUT2D eigenvalue weighted by atomic mass is 32.2. The van der Waals surface area contributed by atoms with Gasteiger partial charge in [-0.2, -0.15) is 0 Å². The Kier molecular flexibility index (Phi) is 16.5. The second kappa shape index (κ2) is 25.2. The maximum atomic E-state index is 8.03. The van der Waals surface area contributed by atoms with Crippen LogP contribution in [0.4, 0.5) is 0 Å². The molecule has 13 rings (SSSR count). The molecule has 0 N–H and O–H groups in total. The van der Waals surface area contributed by atoms with Crippen molar-refractivity contribution in [3.05, 3.63) is 338 Å². The maximum Gasteiger partial charge on any atom is 0.165 e. The summed E-state index contributed by atoms with van der Waals surface area (Å²) < 4.78 is 16.1. The Morgan fingerprint density at radius 1 is 0.256 bits per heavy atom. The topological polar surface area (TPSA) is 18.5 Å². The Balaban J connectivity index is 1.12. The van der Waals surface area contributed by atoms with E-state index in [2.05, 4.69) is 336 Å². The van der Waals surface area contributed by atoms with Gasteiger partial charge in [-0.25, -0.2) is 0 Å². The van der Waals surface area contributed by atoms with E-state index in [1.54, 1.807) is 0 Å². The lowest BCUT2D eigenvalue weighted by atomic mass is 9.75. The molecule has 0 amide bonds. The number of benzene rings is 12. The molecule has 12 aromatic rings. The first-order chi connectivity index (χ1) is 42.4. The standard InChI is InChI=1S/C83H71O2S/c1-4-84-82(76-52-68(60-30-14-6-15-31-60)48-69(53-76)61-32-16-7-17-33-61,77-54-70(62-34-18-8-19-35-62)49-71(55-77)63-36-20-9-21-37-63)80-46-47-81(86(80)3)83(85-5-2,78-56-72(64-38-22-10-23-39-64)50-73(57-78)65-40-24-11-25-41-65)79-58-74(66-42-26-12-27-43-66)51-75(59-79)67-44-28-13-29-45-67/h6-45,48-59,80-81H,4-5,46-47H2,1-3H3/q+1/t80-,81-/m0/s1. The van der Waals surface area contributed by atoms with Crippen molar-refractivity contribution in [1.29, 1.82) is 0 Å². The summed E-state index contributed by atoms with van der Waals surface area (Å²) in [6.07, 6.45) is 4.30. The van der Waals surface area contributed by atoms with E-state index in [9.17, 15) is 0 Å². The van der Waals surface area contributed by atoms with E-state index in [-0.39, 0.29) is 10.5 Å². The molecule has 0 bridgehead atoms. The van der Waals surface area contributed by atoms with Crippen LogP contribution in [0.15, 0.2) is 315 Å². The highest BCUT2D eigenvalue weighted by molar-refractivity contribution is 7.97. The van der Waals surface area contributed by atoms with E-state index < -0.39 is 22.1 Å². The van der Waals surface area contributed by atoms with Crippen LogP contribution >= 0.6 is 0 Å². The van der Waals surface area contributed by atoms with Crippen molar-refractivity contribution in [1.82, 2.24) is 0 Å². The van der Waals surface area contributed by atoms with Gasteiger partial charge in [-0.1, -0.05) is 243 Å². The number of ether oxygens (including phenoxy) is 2. The van der Waals surface area contributed by atoms with Crippen LogP contribution in [-0.4, -0.2) is 30.0 Å². The first-order valence-electron chi connectivity index (χ1n) is 30.4. The quantitative estimate of drug-likeness (QED) is 0.0797. The van der Waals surface area contributed by atoms with Gasteiger partial charge in [0.2, 0.25) is 0 Å². The van der Waals surface area contributed by atoms with Gasteiger partial charge in [-0.05, 0) is 209 Å². The Morgan fingerprint density at radius 3 is 0.570 bits per heavy atom. The van der Waals surface area contributed by atoms with E-state index in [1.165, 1.54) is 0 Å². The van der Waals surface area contributed by atoms with Crippen LogP contribution in [0.5, 0.6) is 0 Å². The lowest BCUT2D eigenvalue weighted by Crippen LogP contribution is -2.51. The van der Waals surface area contributed by atoms with Gasteiger partial charge in [-0.15, -0.1) is 0 Å². The minimum absolute atomic E-state index is 0.0339. The van der Waals surface area contributed by atoms with Gasteiger partial charge in [0.15, 0.2) is 21.7 Å². The number of hydrogen-bond donors (Lipinski definition) is 0. The minimum Gasteiger partial charge on any atom is -0.361 e. The molecule has 1 heterocycles. The third kappa shape index (κ3) is 11.1. The molecule has 12 aromatic carbocycles. The van der Waals surface area contributed by atoms with Crippen molar-refractivity contribution in [3.8, 4) is 89.0 Å². The minimum atomic E-state index is -0.968. The maximum absolute atomic E-state index is 8.03. The molecule has 0 radical (unpaired) electrons. The van der Waals surface area contributed by atoms with Crippen LogP contribution in [0.1, 0.15) is 48.9 Å². The third-order valence-corrected chi connectivity index (χ3v) is 20.5. The smallest absolute Gasteiger partial charge is 0.165 e. The van der Waals surface area contributed by atoms with Gasteiger partial charge in [0.05, 0.1) is 6.26 Å². The molecule has 0 unspecified atom stereocenters. The lowest BCUT2D eigenvalue weighted by molar-refractivity contribution is -0.0158. The summed E-state index contributed by atoms with van der Waals surface area (Å²) in [6, 6.07) is 116. The molecule has 2 nitrogen and oxygen atoms in total. The van der Waals surface area contributed by atoms with Crippen molar-refractivity contribution in [2.24, 2.45) is 0 Å². The molecule has 1 saturated heterocycles. The fourth-order valence-electron chi connectivity index (χ4n) is 13.6. The molecular formula is C83H71O2S+. The third-order valence-electron chi connectivity index (χ3n) is 17.5. The van der Waals surface area contributed by atoms with Crippen LogP contribution in [0, 0.1) is 0 Å². The highest BCUT2D eigenvalue weighted by Gasteiger charge is 2.63. The van der Waals surface area contributed by atoms with Gasteiger partial charge in [-0.3, -0.25) is 0 Å². The van der Waals surface area contributed by atoms with Gasteiger partial charge in [0, 0.05) is 26.1 Å². The monoisotopic (exact) mass is 1130 g/mol. The van der Waals surface area contributed by atoms with E-state index >= 15 is 0 Å². The van der Waals surface area contributed by atoms with Gasteiger partial charge in [0.1, 0.15) is 0 Å². The molecule has 0 saturated carbocycles. The lowest BCUT2D eigenvalue weighted by Gasteiger charge is -2.42.